The molecule has 0 spiro atoms. The van der Waals surface area contributed by atoms with E-state index in [1.807, 2.05) is 29.6 Å². The number of hydrogen-bond acceptors (Lipinski definition) is 6. The van der Waals surface area contributed by atoms with E-state index in [1.165, 1.54) is 22.2 Å². The highest BCUT2D eigenvalue weighted by molar-refractivity contribution is 7.03. The smallest absolute Gasteiger partial charge is 0.217 e. The zero-order valence-corrected chi connectivity index (χ0v) is 12.6. The first-order valence-corrected chi connectivity index (χ1v) is 7.52. The lowest BCUT2D eigenvalue weighted by Crippen LogP contribution is -2.11. The molecule has 0 amide bonds. The van der Waals surface area contributed by atoms with Gasteiger partial charge in [-0.15, -0.1) is 5.10 Å². The number of alkyl halides is 3. The van der Waals surface area contributed by atoms with Crippen LogP contribution >= 0.6 is 11.5 Å². The Balaban J connectivity index is 1.81. The standard InChI is InChI=1S/C14H7F3N6S/c15-14(16,17)12-6-19-23-11(5-18-13(23)20-12)9-3-1-2-8(4-9)10-7-24-22-21-10/h1-7H. The van der Waals surface area contributed by atoms with E-state index in [9.17, 15) is 13.2 Å². The van der Waals surface area contributed by atoms with Crippen molar-refractivity contribution in [2.45, 2.75) is 6.18 Å². The predicted octanol–water partition coefficient (Wildman–Crippen LogP) is 3.33. The van der Waals surface area contributed by atoms with Gasteiger partial charge in [0.15, 0.2) is 5.69 Å². The zero-order valence-electron chi connectivity index (χ0n) is 11.8. The maximum absolute atomic E-state index is 12.7. The van der Waals surface area contributed by atoms with E-state index < -0.39 is 11.9 Å². The van der Waals surface area contributed by atoms with E-state index in [2.05, 4.69) is 24.7 Å². The van der Waals surface area contributed by atoms with Crippen molar-refractivity contribution in [2.75, 3.05) is 0 Å². The molecule has 0 aliphatic carbocycles. The van der Waals surface area contributed by atoms with Crippen LogP contribution in [0.25, 0.3) is 28.3 Å². The molecule has 3 heterocycles. The lowest BCUT2D eigenvalue weighted by atomic mass is 10.1. The van der Waals surface area contributed by atoms with Gasteiger partial charge in [-0.2, -0.15) is 22.8 Å². The molecule has 120 valence electrons. The highest BCUT2D eigenvalue weighted by atomic mass is 32.1. The minimum atomic E-state index is -4.56. The number of fused-ring (bicyclic) bond motifs is 1. The molecule has 0 atom stereocenters. The van der Waals surface area contributed by atoms with Gasteiger partial charge in [-0.3, -0.25) is 0 Å². The third kappa shape index (κ3) is 2.50. The summed E-state index contributed by atoms with van der Waals surface area (Å²) in [4.78, 5) is 7.43. The van der Waals surface area contributed by atoms with Crippen LogP contribution in [0.1, 0.15) is 5.69 Å². The highest BCUT2D eigenvalue weighted by Gasteiger charge is 2.33. The van der Waals surface area contributed by atoms with Gasteiger partial charge in [0.25, 0.3) is 5.78 Å². The Hall–Kier alpha value is -2.88. The molecule has 10 heteroatoms. The average molecular weight is 348 g/mol. The van der Waals surface area contributed by atoms with Gasteiger partial charge < -0.3 is 0 Å². The number of aromatic nitrogens is 6. The van der Waals surface area contributed by atoms with Gasteiger partial charge in [0.1, 0.15) is 5.69 Å². The van der Waals surface area contributed by atoms with Gasteiger partial charge in [-0.1, -0.05) is 22.7 Å². The van der Waals surface area contributed by atoms with Crippen molar-refractivity contribution < 1.29 is 13.2 Å². The van der Waals surface area contributed by atoms with Gasteiger partial charge in [-0.25, -0.2) is 9.97 Å². The summed E-state index contributed by atoms with van der Waals surface area (Å²) < 4.78 is 43.2. The number of halogens is 3. The summed E-state index contributed by atoms with van der Waals surface area (Å²) in [6.45, 7) is 0. The molecule has 0 N–H and O–H groups in total. The van der Waals surface area contributed by atoms with E-state index in [0.717, 1.165) is 16.8 Å². The number of benzene rings is 1. The molecule has 0 radical (unpaired) electrons. The summed E-state index contributed by atoms with van der Waals surface area (Å²) >= 11 is 1.24. The van der Waals surface area contributed by atoms with Crippen LogP contribution in [0.15, 0.2) is 42.0 Å². The zero-order chi connectivity index (χ0) is 16.7. The fourth-order valence-electron chi connectivity index (χ4n) is 2.24. The number of nitrogens with zero attached hydrogens (tertiary/aromatic N) is 6. The molecule has 0 aliphatic rings. The average Bonchev–Trinajstić information content (AvgIpc) is 3.23. The van der Waals surface area contributed by atoms with E-state index in [0.29, 0.717) is 11.9 Å². The molecule has 24 heavy (non-hydrogen) atoms. The van der Waals surface area contributed by atoms with Crippen molar-refractivity contribution in [1.82, 2.24) is 29.2 Å². The lowest BCUT2D eigenvalue weighted by Gasteiger charge is -2.06. The second kappa shape index (κ2) is 5.34. The quantitative estimate of drug-likeness (QED) is 0.556. The van der Waals surface area contributed by atoms with E-state index in [-0.39, 0.29) is 5.78 Å². The van der Waals surface area contributed by atoms with Gasteiger partial charge in [0.2, 0.25) is 0 Å². The third-order valence-electron chi connectivity index (χ3n) is 3.34. The van der Waals surface area contributed by atoms with Crippen molar-refractivity contribution in [3.8, 4) is 22.5 Å². The molecule has 1 aromatic carbocycles. The van der Waals surface area contributed by atoms with Crippen LogP contribution in [0.5, 0.6) is 0 Å². The van der Waals surface area contributed by atoms with Gasteiger partial charge in [0.05, 0.1) is 18.1 Å². The first-order chi connectivity index (χ1) is 11.5. The van der Waals surface area contributed by atoms with E-state index in [4.69, 9.17) is 0 Å². The van der Waals surface area contributed by atoms with Crippen molar-refractivity contribution in [1.29, 1.82) is 0 Å². The highest BCUT2D eigenvalue weighted by Crippen LogP contribution is 2.29. The van der Waals surface area contributed by atoms with Crippen molar-refractivity contribution >= 4 is 17.3 Å². The maximum Gasteiger partial charge on any atom is 0.435 e. The van der Waals surface area contributed by atoms with E-state index >= 15 is 0 Å². The molecule has 4 aromatic rings. The van der Waals surface area contributed by atoms with Crippen LogP contribution in [0.2, 0.25) is 0 Å². The normalized spacial score (nSPS) is 12.0. The minimum absolute atomic E-state index is 0.111. The summed E-state index contributed by atoms with van der Waals surface area (Å²) in [6.07, 6.45) is -2.43. The Morgan fingerprint density at radius 3 is 2.67 bits per heavy atom. The second-order valence-corrected chi connectivity index (χ2v) is 5.48. The number of hydrogen-bond donors (Lipinski definition) is 0. The Morgan fingerprint density at radius 1 is 1.08 bits per heavy atom. The Bertz CT molecular complexity index is 1010. The summed E-state index contributed by atoms with van der Waals surface area (Å²) in [5.74, 6) is -0.111. The molecule has 3 aromatic heterocycles. The monoisotopic (exact) mass is 348 g/mol. The molecular formula is C14H7F3N6S. The maximum atomic E-state index is 12.7. The molecule has 0 aliphatic heterocycles. The van der Waals surface area contributed by atoms with Crippen LogP contribution in [0.4, 0.5) is 13.2 Å². The van der Waals surface area contributed by atoms with E-state index in [1.54, 1.807) is 0 Å². The van der Waals surface area contributed by atoms with Crippen molar-refractivity contribution in [3.63, 3.8) is 0 Å². The van der Waals surface area contributed by atoms with Crippen LogP contribution in [-0.2, 0) is 6.18 Å². The Kier molecular flexibility index (Phi) is 3.27. The van der Waals surface area contributed by atoms with Crippen molar-refractivity contribution in [2.24, 2.45) is 0 Å². The SMILES string of the molecule is FC(F)(F)c1cnn2c(-c3cccc(-c4csnn4)c3)cnc2n1. The summed E-state index contributed by atoms with van der Waals surface area (Å²) in [5.41, 5.74) is 1.77. The Morgan fingerprint density at radius 2 is 1.92 bits per heavy atom. The first-order valence-electron chi connectivity index (χ1n) is 6.68. The number of imidazole rings is 1. The minimum Gasteiger partial charge on any atom is -0.217 e. The van der Waals surface area contributed by atoms with Crippen LogP contribution in [-0.4, -0.2) is 29.2 Å². The Labute approximate surface area is 136 Å². The summed E-state index contributed by atoms with van der Waals surface area (Å²) in [5, 5.41) is 9.63. The first kappa shape index (κ1) is 14.7. The number of rotatable bonds is 2. The fourth-order valence-corrected chi connectivity index (χ4v) is 2.70. The molecule has 0 bridgehead atoms. The lowest BCUT2D eigenvalue weighted by molar-refractivity contribution is -0.141. The summed E-state index contributed by atoms with van der Waals surface area (Å²) in [7, 11) is 0. The molecule has 0 unspecified atom stereocenters. The molecule has 0 saturated heterocycles. The van der Waals surface area contributed by atoms with Gasteiger partial charge >= 0.3 is 6.18 Å². The predicted molar refractivity (Wildman–Crippen MR) is 80.1 cm³/mol. The molecule has 0 saturated carbocycles. The van der Waals surface area contributed by atoms with Gasteiger partial charge in [0, 0.05) is 16.5 Å². The van der Waals surface area contributed by atoms with Crippen molar-refractivity contribution in [3.05, 3.63) is 47.7 Å². The van der Waals surface area contributed by atoms with Crippen LogP contribution in [0, 0.1) is 0 Å². The van der Waals surface area contributed by atoms with Gasteiger partial charge in [-0.05, 0) is 17.6 Å². The molecule has 0 fully saturated rings. The second-order valence-electron chi connectivity index (χ2n) is 4.87. The topological polar surface area (TPSA) is 68.9 Å². The summed E-state index contributed by atoms with van der Waals surface area (Å²) in [6, 6.07) is 7.35. The van der Waals surface area contributed by atoms with Crippen LogP contribution < -0.4 is 0 Å². The molecular weight excluding hydrogens is 341 g/mol. The molecule has 6 nitrogen and oxygen atoms in total. The third-order valence-corrected chi connectivity index (χ3v) is 3.85. The van der Waals surface area contributed by atoms with Crippen LogP contribution in [0.3, 0.4) is 0 Å². The molecule has 4 rings (SSSR count). The fraction of sp³-hybridized carbons (Fsp3) is 0.0714. The largest absolute Gasteiger partial charge is 0.435 e.